The molecule has 22 heavy (non-hydrogen) atoms. The molecule has 2 amide bonds. The zero-order chi connectivity index (χ0) is 15.9. The number of carbonyl (C=O) groups is 2. The Hall–Kier alpha value is -3.02. The van der Waals surface area contributed by atoms with E-state index in [2.05, 4.69) is 15.8 Å². The van der Waals surface area contributed by atoms with Crippen molar-refractivity contribution in [3.8, 4) is 0 Å². The zero-order valence-electron chi connectivity index (χ0n) is 11.8. The number of hydrazone groups is 1. The first-order valence-corrected chi connectivity index (χ1v) is 6.52. The smallest absolute Gasteiger partial charge is 0.315 e. The molecule has 6 heteroatoms. The van der Waals surface area contributed by atoms with E-state index in [9.17, 15) is 14.0 Å². The van der Waals surface area contributed by atoms with Crippen LogP contribution in [0.1, 0.15) is 11.1 Å². The molecule has 112 valence electrons. The highest BCUT2D eigenvalue weighted by molar-refractivity contribution is 6.39. The summed E-state index contributed by atoms with van der Waals surface area (Å²) in [6.45, 7) is 1.90. The lowest BCUT2D eigenvalue weighted by atomic mass is 10.1. The van der Waals surface area contributed by atoms with Crippen molar-refractivity contribution in [2.75, 3.05) is 5.32 Å². The van der Waals surface area contributed by atoms with E-state index in [0.29, 0.717) is 0 Å². The summed E-state index contributed by atoms with van der Waals surface area (Å²) in [6, 6.07) is 13.0. The lowest BCUT2D eigenvalue weighted by molar-refractivity contribution is -0.136. The Kier molecular flexibility index (Phi) is 4.98. The summed E-state index contributed by atoms with van der Waals surface area (Å²) in [7, 11) is 0. The fourth-order valence-electron chi connectivity index (χ4n) is 1.68. The summed E-state index contributed by atoms with van der Waals surface area (Å²) in [6.07, 6.45) is 1.43. The Morgan fingerprint density at radius 1 is 1.05 bits per heavy atom. The van der Waals surface area contributed by atoms with Gasteiger partial charge >= 0.3 is 11.8 Å². The molecule has 0 aliphatic rings. The summed E-state index contributed by atoms with van der Waals surface area (Å²) in [5, 5.41) is 5.88. The van der Waals surface area contributed by atoms with Crippen LogP contribution in [0.2, 0.25) is 0 Å². The number of para-hydroxylation sites is 1. The van der Waals surface area contributed by atoms with Crippen molar-refractivity contribution in [2.24, 2.45) is 5.10 Å². The molecule has 0 saturated heterocycles. The number of nitrogens with zero attached hydrogens (tertiary/aromatic N) is 1. The van der Waals surface area contributed by atoms with Crippen molar-refractivity contribution in [2.45, 2.75) is 6.92 Å². The van der Waals surface area contributed by atoms with Crippen molar-refractivity contribution in [3.63, 3.8) is 0 Å². The number of carbonyl (C=O) groups excluding carboxylic acids is 2. The molecular formula is C16H14FN3O2. The van der Waals surface area contributed by atoms with E-state index in [4.69, 9.17) is 0 Å². The monoisotopic (exact) mass is 299 g/mol. The topological polar surface area (TPSA) is 70.6 Å². The van der Waals surface area contributed by atoms with E-state index in [-0.39, 0.29) is 5.69 Å². The molecule has 0 aliphatic carbocycles. The molecule has 2 N–H and O–H groups in total. The molecule has 2 aromatic carbocycles. The molecule has 2 rings (SSSR count). The molecule has 5 nitrogen and oxygen atoms in total. The quantitative estimate of drug-likeness (QED) is 0.518. The number of aryl methyl sites for hydroxylation is 1. The average molecular weight is 299 g/mol. The normalized spacial score (nSPS) is 10.5. The predicted molar refractivity (Wildman–Crippen MR) is 81.9 cm³/mol. The van der Waals surface area contributed by atoms with Crippen molar-refractivity contribution in [3.05, 3.63) is 65.5 Å². The number of benzene rings is 2. The Bertz CT molecular complexity index is 729. The molecule has 0 spiro atoms. The van der Waals surface area contributed by atoms with Gasteiger partial charge in [-0.1, -0.05) is 36.4 Å². The van der Waals surface area contributed by atoms with Crippen LogP contribution in [0.3, 0.4) is 0 Å². The van der Waals surface area contributed by atoms with Gasteiger partial charge in [0, 0.05) is 0 Å². The number of hydrogen-bond donors (Lipinski definition) is 2. The van der Waals surface area contributed by atoms with Gasteiger partial charge in [0.2, 0.25) is 0 Å². The van der Waals surface area contributed by atoms with Gasteiger partial charge in [0.25, 0.3) is 0 Å². The fraction of sp³-hybridized carbons (Fsp3) is 0.0625. The van der Waals surface area contributed by atoms with Crippen LogP contribution in [0, 0.1) is 12.7 Å². The molecule has 0 atom stereocenters. The summed E-state index contributed by atoms with van der Waals surface area (Å²) in [5.74, 6) is -2.59. The van der Waals surface area contributed by atoms with Crippen molar-refractivity contribution in [1.29, 1.82) is 0 Å². The third kappa shape index (κ3) is 3.99. The maximum absolute atomic E-state index is 13.4. The van der Waals surface area contributed by atoms with Crippen LogP contribution in [0.4, 0.5) is 10.1 Å². The van der Waals surface area contributed by atoms with E-state index in [1.807, 2.05) is 31.2 Å². The van der Waals surface area contributed by atoms with Gasteiger partial charge in [-0.05, 0) is 30.2 Å². The fourth-order valence-corrected chi connectivity index (χ4v) is 1.68. The van der Waals surface area contributed by atoms with Gasteiger partial charge in [0.05, 0.1) is 11.9 Å². The van der Waals surface area contributed by atoms with Gasteiger partial charge in [0.15, 0.2) is 0 Å². The minimum Gasteiger partial charge on any atom is -0.315 e. The lowest BCUT2D eigenvalue weighted by Gasteiger charge is -2.04. The van der Waals surface area contributed by atoms with Crippen LogP contribution in [-0.4, -0.2) is 18.0 Å². The molecule has 0 aliphatic heterocycles. The minimum absolute atomic E-state index is 0.0643. The predicted octanol–water partition coefficient (Wildman–Crippen LogP) is 2.22. The summed E-state index contributed by atoms with van der Waals surface area (Å²) >= 11 is 0. The number of amides is 2. The Labute approximate surface area is 126 Å². The molecule has 0 radical (unpaired) electrons. The van der Waals surface area contributed by atoms with Crippen LogP contribution < -0.4 is 10.7 Å². The SMILES string of the molecule is Cc1ccccc1/C=N/NC(=O)C(=O)Nc1ccccc1F. The third-order valence-electron chi connectivity index (χ3n) is 2.89. The van der Waals surface area contributed by atoms with Crippen molar-refractivity contribution < 1.29 is 14.0 Å². The summed E-state index contributed by atoms with van der Waals surface area (Å²) in [5.41, 5.74) is 3.83. The lowest BCUT2D eigenvalue weighted by Crippen LogP contribution is -2.32. The molecule has 0 saturated carbocycles. The van der Waals surface area contributed by atoms with Gasteiger partial charge in [-0.2, -0.15) is 5.10 Å². The van der Waals surface area contributed by atoms with Gasteiger partial charge in [-0.25, -0.2) is 9.82 Å². The van der Waals surface area contributed by atoms with Crippen molar-refractivity contribution >= 4 is 23.7 Å². The van der Waals surface area contributed by atoms with Crippen LogP contribution in [-0.2, 0) is 9.59 Å². The Morgan fingerprint density at radius 3 is 2.45 bits per heavy atom. The van der Waals surface area contributed by atoms with E-state index >= 15 is 0 Å². The van der Waals surface area contributed by atoms with Crippen molar-refractivity contribution in [1.82, 2.24) is 5.43 Å². The molecule has 0 heterocycles. The first-order chi connectivity index (χ1) is 10.6. The maximum atomic E-state index is 13.4. The summed E-state index contributed by atoms with van der Waals surface area (Å²) in [4.78, 5) is 23.2. The molecule has 0 aromatic heterocycles. The van der Waals surface area contributed by atoms with Crippen LogP contribution >= 0.6 is 0 Å². The van der Waals surface area contributed by atoms with Crippen LogP contribution in [0.25, 0.3) is 0 Å². The van der Waals surface area contributed by atoms with Gasteiger partial charge in [0.1, 0.15) is 5.82 Å². The van der Waals surface area contributed by atoms with Gasteiger partial charge < -0.3 is 5.32 Å². The average Bonchev–Trinajstić information content (AvgIpc) is 2.51. The molecule has 2 aromatic rings. The summed E-state index contributed by atoms with van der Waals surface area (Å²) < 4.78 is 13.4. The first-order valence-electron chi connectivity index (χ1n) is 6.52. The Morgan fingerprint density at radius 2 is 1.73 bits per heavy atom. The highest BCUT2D eigenvalue weighted by Crippen LogP contribution is 2.11. The van der Waals surface area contributed by atoms with E-state index in [1.54, 1.807) is 6.07 Å². The number of nitrogens with one attached hydrogen (secondary N) is 2. The molecule has 0 bridgehead atoms. The number of halogens is 1. The molecule has 0 fully saturated rings. The maximum Gasteiger partial charge on any atom is 0.329 e. The van der Waals surface area contributed by atoms with Crippen LogP contribution in [0.15, 0.2) is 53.6 Å². The number of anilines is 1. The van der Waals surface area contributed by atoms with Gasteiger partial charge in [-0.3, -0.25) is 9.59 Å². The van der Waals surface area contributed by atoms with E-state index in [1.165, 1.54) is 24.4 Å². The minimum atomic E-state index is -0.993. The van der Waals surface area contributed by atoms with E-state index in [0.717, 1.165) is 11.1 Å². The second-order valence-electron chi connectivity index (χ2n) is 4.49. The van der Waals surface area contributed by atoms with Gasteiger partial charge in [-0.15, -0.1) is 0 Å². The largest absolute Gasteiger partial charge is 0.329 e. The van der Waals surface area contributed by atoms with E-state index < -0.39 is 17.6 Å². The molecule has 0 unspecified atom stereocenters. The second kappa shape index (κ2) is 7.12. The molecular weight excluding hydrogens is 285 g/mol. The zero-order valence-corrected chi connectivity index (χ0v) is 11.8. The third-order valence-corrected chi connectivity index (χ3v) is 2.89. The second-order valence-corrected chi connectivity index (χ2v) is 4.49. The highest BCUT2D eigenvalue weighted by Gasteiger charge is 2.14. The highest BCUT2D eigenvalue weighted by atomic mass is 19.1. The standard InChI is InChI=1S/C16H14FN3O2/c1-11-6-2-3-7-12(11)10-18-20-16(22)15(21)19-14-9-5-4-8-13(14)17/h2-10H,1H3,(H,19,21)(H,20,22)/b18-10+. The number of hydrogen-bond acceptors (Lipinski definition) is 3. The van der Waals surface area contributed by atoms with Crippen LogP contribution in [0.5, 0.6) is 0 Å². The first kappa shape index (κ1) is 15.4. The number of rotatable bonds is 3. The Balaban J connectivity index is 1.94.